The highest BCUT2D eigenvalue weighted by Crippen LogP contribution is 2.63. The summed E-state index contributed by atoms with van der Waals surface area (Å²) in [6.45, 7) is 0. The molecule has 0 aliphatic carbocycles. The first-order valence-electron chi connectivity index (χ1n) is 8.16. The highest BCUT2D eigenvalue weighted by atomic mass is 35.5. The van der Waals surface area contributed by atoms with Gasteiger partial charge in [-0.15, -0.1) is 0 Å². The number of nitrogens with zero attached hydrogens (tertiary/aromatic N) is 3. The van der Waals surface area contributed by atoms with Crippen LogP contribution in [0.4, 0.5) is 68.7 Å². The van der Waals surface area contributed by atoms with Gasteiger partial charge in [0.1, 0.15) is 0 Å². The third-order valence-corrected chi connectivity index (χ3v) is 5.28. The summed E-state index contributed by atoms with van der Waals surface area (Å²) in [6, 6.07) is 3.34. The van der Waals surface area contributed by atoms with Crippen LogP contribution in [0.2, 0.25) is 10.6 Å². The second kappa shape index (κ2) is 9.17. The van der Waals surface area contributed by atoms with E-state index in [1.54, 1.807) is 0 Å². The fourth-order valence-corrected chi connectivity index (χ4v) is 3.39. The maximum absolute atomic E-state index is 14.2. The van der Waals surface area contributed by atoms with Crippen molar-refractivity contribution in [2.24, 2.45) is 0 Å². The van der Waals surface area contributed by atoms with Gasteiger partial charge in [-0.05, 0) is 47.1 Å². The van der Waals surface area contributed by atoms with Gasteiger partial charge in [0.05, 0.1) is 5.69 Å². The predicted octanol–water partition coefficient (Wildman–Crippen LogP) is 7.71. The molecule has 35 heavy (non-hydrogen) atoms. The summed E-state index contributed by atoms with van der Waals surface area (Å²) < 4.78 is 173. The molecule has 0 unspecified atom stereocenters. The third-order valence-electron chi connectivity index (χ3n) is 3.86. The van der Waals surface area contributed by atoms with Crippen LogP contribution in [-0.4, -0.2) is 50.1 Å². The van der Waals surface area contributed by atoms with Gasteiger partial charge in [-0.1, -0.05) is 12.1 Å². The van der Waals surface area contributed by atoms with Gasteiger partial charge in [0.25, 0.3) is 0 Å². The van der Waals surface area contributed by atoms with E-state index in [4.69, 9.17) is 23.2 Å². The van der Waals surface area contributed by atoms with Crippen molar-refractivity contribution in [3.63, 3.8) is 0 Å². The van der Waals surface area contributed by atoms with Gasteiger partial charge in [-0.25, -0.2) is 0 Å². The standard InChI is InChI=1S/C15H5Cl2F13N4S/c16-7-32-8(17)34-9(33-7)31-5-3-1-2-4-6(5)35-15(29,30)13(24,25)11(20,21)10(18,19)12(22,23)14(26,27)28/h1-4H,(H,31,32,33,34). The molecule has 2 rings (SSSR count). The Morgan fingerprint density at radius 1 is 0.629 bits per heavy atom. The summed E-state index contributed by atoms with van der Waals surface area (Å²) in [4.78, 5) is 9.08. The zero-order chi connectivity index (χ0) is 27.3. The van der Waals surface area contributed by atoms with E-state index in [0.717, 1.165) is 18.2 Å². The van der Waals surface area contributed by atoms with Crippen molar-refractivity contribution in [2.45, 2.75) is 40.0 Å². The summed E-state index contributed by atoms with van der Waals surface area (Å²) in [5.41, 5.74) is -0.665. The first-order chi connectivity index (χ1) is 15.6. The lowest BCUT2D eigenvalue weighted by atomic mass is 9.98. The molecule has 0 aliphatic rings. The van der Waals surface area contributed by atoms with Crippen LogP contribution < -0.4 is 5.32 Å². The average molecular weight is 591 g/mol. The topological polar surface area (TPSA) is 50.7 Å². The molecular weight excluding hydrogens is 586 g/mol. The Bertz CT molecular complexity index is 1060. The molecule has 0 saturated carbocycles. The van der Waals surface area contributed by atoms with E-state index in [9.17, 15) is 57.1 Å². The number of thioether (sulfide) groups is 1. The summed E-state index contributed by atoms with van der Waals surface area (Å²) in [5, 5.41) is -5.38. The highest BCUT2D eigenvalue weighted by Gasteiger charge is 2.91. The Labute approximate surface area is 199 Å². The Hall–Kier alpha value is -1.95. The normalized spacial score (nSPS) is 14.3. The molecule has 0 spiro atoms. The SMILES string of the molecule is FC(F)(F)C(F)(F)C(F)(F)C(F)(F)C(F)(F)C(F)(F)Sc1ccccc1Nc1nc(Cl)nc(Cl)n1. The van der Waals surface area contributed by atoms with E-state index in [-0.39, 0.29) is 0 Å². The zero-order valence-corrected chi connectivity index (χ0v) is 18.1. The van der Waals surface area contributed by atoms with Crippen LogP contribution in [0.5, 0.6) is 0 Å². The Balaban J connectivity index is 2.47. The zero-order valence-electron chi connectivity index (χ0n) is 15.7. The van der Waals surface area contributed by atoms with E-state index < -0.39 is 74.0 Å². The van der Waals surface area contributed by atoms with Crippen molar-refractivity contribution in [1.29, 1.82) is 0 Å². The smallest absolute Gasteiger partial charge is 0.323 e. The van der Waals surface area contributed by atoms with Gasteiger partial charge in [-0.3, -0.25) is 0 Å². The lowest BCUT2D eigenvalue weighted by Crippen LogP contribution is -2.69. The summed E-state index contributed by atoms with van der Waals surface area (Å²) in [6.07, 6.45) is -7.48. The Morgan fingerprint density at radius 2 is 1.09 bits per heavy atom. The molecule has 0 bridgehead atoms. The molecule has 0 saturated heterocycles. The maximum Gasteiger partial charge on any atom is 0.460 e. The molecule has 196 valence electrons. The lowest BCUT2D eigenvalue weighted by molar-refractivity contribution is -0.433. The molecule has 1 N–H and O–H groups in total. The van der Waals surface area contributed by atoms with Gasteiger partial charge in [0.15, 0.2) is 0 Å². The second-order valence-electron chi connectivity index (χ2n) is 6.23. The molecule has 0 aliphatic heterocycles. The number of aromatic nitrogens is 3. The number of benzene rings is 1. The van der Waals surface area contributed by atoms with Gasteiger partial charge >= 0.3 is 35.1 Å². The number of hydrogen-bond acceptors (Lipinski definition) is 5. The minimum absolute atomic E-state index is 0.554. The van der Waals surface area contributed by atoms with Gasteiger partial charge in [0, 0.05) is 4.90 Å². The quantitative estimate of drug-likeness (QED) is 0.252. The number of rotatable bonds is 8. The highest BCUT2D eigenvalue weighted by molar-refractivity contribution is 8.00. The number of anilines is 2. The Kier molecular flexibility index (Phi) is 7.67. The van der Waals surface area contributed by atoms with Gasteiger partial charge in [0.2, 0.25) is 16.5 Å². The van der Waals surface area contributed by atoms with Crippen molar-refractivity contribution in [2.75, 3.05) is 5.32 Å². The summed E-state index contributed by atoms with van der Waals surface area (Å²) >= 11 is 9.40. The summed E-state index contributed by atoms with van der Waals surface area (Å²) in [7, 11) is 0. The number of alkyl halides is 13. The third kappa shape index (κ3) is 5.14. The minimum atomic E-state index is -7.98. The van der Waals surface area contributed by atoms with E-state index in [2.05, 4.69) is 20.3 Å². The molecule has 2 aromatic rings. The van der Waals surface area contributed by atoms with Crippen molar-refractivity contribution in [3.8, 4) is 0 Å². The van der Waals surface area contributed by atoms with Crippen LogP contribution in [-0.2, 0) is 0 Å². The predicted molar refractivity (Wildman–Crippen MR) is 96.2 cm³/mol. The van der Waals surface area contributed by atoms with Crippen LogP contribution in [0.3, 0.4) is 0 Å². The van der Waals surface area contributed by atoms with Crippen LogP contribution in [0.1, 0.15) is 0 Å². The molecule has 1 aromatic carbocycles. The van der Waals surface area contributed by atoms with Gasteiger partial charge in [-0.2, -0.15) is 72.0 Å². The van der Waals surface area contributed by atoms with Gasteiger partial charge < -0.3 is 5.32 Å². The molecule has 20 heteroatoms. The lowest BCUT2D eigenvalue weighted by Gasteiger charge is -2.39. The van der Waals surface area contributed by atoms with Crippen LogP contribution >= 0.6 is 35.0 Å². The molecule has 1 heterocycles. The average Bonchev–Trinajstić information content (AvgIpc) is 2.67. The molecule has 4 nitrogen and oxygen atoms in total. The van der Waals surface area contributed by atoms with E-state index in [0.29, 0.717) is 6.07 Å². The first kappa shape index (κ1) is 29.3. The second-order valence-corrected chi connectivity index (χ2v) is 8.07. The largest absolute Gasteiger partial charge is 0.460 e. The monoisotopic (exact) mass is 590 g/mol. The number of nitrogens with one attached hydrogen (secondary N) is 1. The van der Waals surface area contributed by atoms with Crippen LogP contribution in [0, 0.1) is 0 Å². The first-order valence-corrected chi connectivity index (χ1v) is 9.73. The molecule has 0 amide bonds. The number of hydrogen-bond donors (Lipinski definition) is 1. The molecule has 0 atom stereocenters. The molecule has 0 fully saturated rings. The van der Waals surface area contributed by atoms with Crippen molar-refractivity contribution >= 4 is 46.6 Å². The Morgan fingerprint density at radius 3 is 1.57 bits per heavy atom. The fraction of sp³-hybridized carbons (Fsp3) is 0.400. The van der Waals surface area contributed by atoms with Crippen molar-refractivity contribution < 1.29 is 57.1 Å². The number of para-hydroxylation sites is 1. The minimum Gasteiger partial charge on any atom is -0.323 e. The van der Waals surface area contributed by atoms with Crippen molar-refractivity contribution in [3.05, 3.63) is 34.8 Å². The van der Waals surface area contributed by atoms with E-state index in [1.807, 2.05) is 0 Å². The molecule has 1 aromatic heterocycles. The molecular formula is C15H5Cl2F13N4S. The molecule has 0 radical (unpaired) electrons. The van der Waals surface area contributed by atoms with Crippen molar-refractivity contribution in [1.82, 2.24) is 15.0 Å². The fourth-order valence-electron chi connectivity index (χ4n) is 2.12. The maximum atomic E-state index is 14.2. The van der Waals surface area contributed by atoms with E-state index >= 15 is 0 Å². The summed E-state index contributed by atoms with van der Waals surface area (Å²) in [5.74, 6) is -31.7. The van der Waals surface area contributed by atoms with Crippen LogP contribution in [0.15, 0.2) is 29.2 Å². The van der Waals surface area contributed by atoms with E-state index in [1.165, 1.54) is 0 Å². The van der Waals surface area contributed by atoms with Crippen LogP contribution in [0.25, 0.3) is 0 Å². The number of halogens is 15.